The van der Waals surface area contributed by atoms with Crippen LogP contribution in [0.4, 0.5) is 19.3 Å². The molecule has 5 nitrogen and oxygen atoms in total. The van der Waals surface area contributed by atoms with Crippen molar-refractivity contribution in [1.82, 2.24) is 4.90 Å². The van der Waals surface area contributed by atoms with Gasteiger partial charge in [-0.05, 0) is 18.4 Å². The highest BCUT2D eigenvalue weighted by atomic mass is 32.2. The number of hydrogen-bond acceptors (Lipinski definition) is 3. The number of carboxylic acid groups (broad SMARTS) is 1. The molecule has 0 atom stereocenters. The molecule has 0 unspecified atom stereocenters. The molecular weight excluding hydrogens is 290 g/mol. The molecule has 20 heavy (non-hydrogen) atoms. The fraction of sp³-hybridized carbons (Fsp3) is 0.333. The highest BCUT2D eigenvalue weighted by Gasteiger charge is 2.14. The Balaban J connectivity index is 2.73. The van der Waals surface area contributed by atoms with Crippen molar-refractivity contribution in [2.45, 2.75) is 11.3 Å². The number of thioether (sulfide) groups is 1. The first-order chi connectivity index (χ1) is 9.35. The van der Waals surface area contributed by atoms with E-state index in [1.54, 1.807) is 6.26 Å². The predicted octanol–water partition coefficient (Wildman–Crippen LogP) is 2.63. The zero-order chi connectivity index (χ0) is 15.3. The summed E-state index contributed by atoms with van der Waals surface area (Å²) >= 11 is 0.929. The monoisotopic (exact) mass is 304 g/mol. The van der Waals surface area contributed by atoms with Gasteiger partial charge in [0.25, 0.3) is 0 Å². The summed E-state index contributed by atoms with van der Waals surface area (Å²) in [6.45, 7) is -0.00493. The van der Waals surface area contributed by atoms with Crippen LogP contribution in [0.2, 0.25) is 0 Å². The van der Waals surface area contributed by atoms with Crippen LogP contribution in [0.5, 0.6) is 0 Å². The largest absolute Gasteiger partial charge is 0.481 e. The van der Waals surface area contributed by atoms with Gasteiger partial charge in [-0.3, -0.25) is 4.79 Å². The van der Waals surface area contributed by atoms with Gasteiger partial charge < -0.3 is 15.3 Å². The molecule has 0 aromatic heterocycles. The molecule has 0 aliphatic heterocycles. The highest BCUT2D eigenvalue weighted by molar-refractivity contribution is 7.98. The van der Waals surface area contributed by atoms with Crippen LogP contribution in [0.1, 0.15) is 6.42 Å². The SMILES string of the molecule is CSc1c(F)cc(NC(=O)N(C)CCC(=O)O)cc1F. The summed E-state index contributed by atoms with van der Waals surface area (Å²) in [5, 5.41) is 10.8. The number of nitrogens with one attached hydrogen (secondary N) is 1. The summed E-state index contributed by atoms with van der Waals surface area (Å²) in [7, 11) is 1.39. The van der Waals surface area contributed by atoms with Crippen LogP contribution in [0.15, 0.2) is 17.0 Å². The standard InChI is InChI=1S/C12H14F2N2O3S/c1-16(4-3-10(17)18)12(19)15-7-5-8(13)11(20-2)9(14)6-7/h5-6H,3-4H2,1-2H3,(H,15,19)(H,17,18). The van der Waals surface area contributed by atoms with E-state index >= 15 is 0 Å². The number of rotatable bonds is 5. The molecule has 110 valence electrons. The molecule has 0 saturated heterocycles. The van der Waals surface area contributed by atoms with Crippen molar-refractivity contribution >= 4 is 29.4 Å². The van der Waals surface area contributed by atoms with Gasteiger partial charge in [0, 0.05) is 19.3 Å². The maximum absolute atomic E-state index is 13.5. The molecule has 1 rings (SSSR count). The molecule has 0 fully saturated rings. The van der Waals surface area contributed by atoms with E-state index in [0.29, 0.717) is 0 Å². The molecule has 1 aromatic carbocycles. The van der Waals surface area contributed by atoms with E-state index in [-0.39, 0.29) is 23.5 Å². The highest BCUT2D eigenvalue weighted by Crippen LogP contribution is 2.26. The quantitative estimate of drug-likeness (QED) is 0.820. The number of carbonyl (C=O) groups is 2. The van der Waals surface area contributed by atoms with Crippen molar-refractivity contribution in [3.8, 4) is 0 Å². The van der Waals surface area contributed by atoms with Gasteiger partial charge in [-0.15, -0.1) is 11.8 Å². The second-order valence-electron chi connectivity index (χ2n) is 3.97. The number of urea groups is 1. The maximum atomic E-state index is 13.5. The summed E-state index contributed by atoms with van der Waals surface area (Å²) in [6, 6.07) is 1.39. The number of aliphatic carboxylic acids is 1. The Morgan fingerprint density at radius 2 is 1.90 bits per heavy atom. The molecule has 2 amide bonds. The van der Waals surface area contributed by atoms with E-state index in [0.717, 1.165) is 28.8 Å². The number of hydrogen-bond donors (Lipinski definition) is 2. The lowest BCUT2D eigenvalue weighted by Gasteiger charge is -2.17. The third-order valence-corrected chi connectivity index (χ3v) is 3.26. The van der Waals surface area contributed by atoms with Gasteiger partial charge >= 0.3 is 12.0 Å². The van der Waals surface area contributed by atoms with Crippen molar-refractivity contribution < 1.29 is 23.5 Å². The minimum Gasteiger partial charge on any atom is -0.481 e. The van der Waals surface area contributed by atoms with Crippen molar-refractivity contribution in [3.63, 3.8) is 0 Å². The minimum atomic E-state index is -1.04. The van der Waals surface area contributed by atoms with E-state index in [1.165, 1.54) is 7.05 Å². The lowest BCUT2D eigenvalue weighted by atomic mass is 10.3. The number of carboxylic acids is 1. The van der Waals surface area contributed by atoms with Gasteiger partial charge in [-0.25, -0.2) is 13.6 Å². The summed E-state index contributed by atoms with van der Waals surface area (Å²) in [5.74, 6) is -2.56. The zero-order valence-electron chi connectivity index (χ0n) is 10.9. The molecule has 0 aliphatic carbocycles. The Hall–Kier alpha value is -1.83. The van der Waals surface area contributed by atoms with E-state index in [9.17, 15) is 18.4 Å². The molecule has 0 saturated carbocycles. The summed E-state index contributed by atoms with van der Waals surface area (Å²) in [4.78, 5) is 23.1. The van der Waals surface area contributed by atoms with E-state index < -0.39 is 23.6 Å². The Morgan fingerprint density at radius 3 is 2.35 bits per heavy atom. The van der Waals surface area contributed by atoms with E-state index in [4.69, 9.17) is 5.11 Å². The van der Waals surface area contributed by atoms with E-state index in [1.807, 2.05) is 0 Å². The minimum absolute atomic E-state index is 0.00493. The second kappa shape index (κ2) is 7.09. The maximum Gasteiger partial charge on any atom is 0.321 e. The van der Waals surface area contributed by atoms with Gasteiger partial charge in [-0.1, -0.05) is 0 Å². The Bertz CT molecular complexity index is 502. The van der Waals surface area contributed by atoms with Gasteiger partial charge in [0.1, 0.15) is 11.6 Å². The third-order valence-electron chi connectivity index (χ3n) is 2.46. The molecular formula is C12H14F2N2O3S. The number of carbonyl (C=O) groups excluding carboxylic acids is 1. The average molecular weight is 304 g/mol. The normalized spacial score (nSPS) is 10.2. The van der Waals surface area contributed by atoms with Crippen molar-refractivity contribution in [2.75, 3.05) is 25.2 Å². The fourth-order valence-corrected chi connectivity index (χ4v) is 1.92. The molecule has 0 radical (unpaired) electrons. The van der Waals surface area contributed by atoms with Gasteiger partial charge in [0.2, 0.25) is 0 Å². The van der Waals surface area contributed by atoms with Crippen LogP contribution >= 0.6 is 11.8 Å². The lowest BCUT2D eigenvalue weighted by Crippen LogP contribution is -2.33. The lowest BCUT2D eigenvalue weighted by molar-refractivity contribution is -0.137. The van der Waals surface area contributed by atoms with E-state index in [2.05, 4.69) is 5.32 Å². The molecule has 0 heterocycles. The van der Waals surface area contributed by atoms with Crippen molar-refractivity contribution in [3.05, 3.63) is 23.8 Å². The molecule has 2 N–H and O–H groups in total. The van der Waals surface area contributed by atoms with Crippen molar-refractivity contribution in [2.24, 2.45) is 0 Å². The topological polar surface area (TPSA) is 69.6 Å². The Kier molecular flexibility index (Phi) is 5.75. The molecule has 1 aromatic rings. The third kappa shape index (κ3) is 4.37. The van der Waals surface area contributed by atoms with Gasteiger partial charge in [0.15, 0.2) is 0 Å². The smallest absolute Gasteiger partial charge is 0.321 e. The number of amides is 2. The van der Waals surface area contributed by atoms with Crippen LogP contribution in [0.25, 0.3) is 0 Å². The summed E-state index contributed by atoms with van der Waals surface area (Å²) < 4.78 is 27.0. The number of anilines is 1. The molecule has 0 bridgehead atoms. The Morgan fingerprint density at radius 1 is 1.35 bits per heavy atom. The fourth-order valence-electron chi connectivity index (χ4n) is 1.41. The zero-order valence-corrected chi connectivity index (χ0v) is 11.8. The first-order valence-electron chi connectivity index (χ1n) is 5.62. The van der Waals surface area contributed by atoms with Gasteiger partial charge in [0.05, 0.1) is 11.3 Å². The van der Waals surface area contributed by atoms with Crippen LogP contribution < -0.4 is 5.32 Å². The summed E-state index contributed by atoms with van der Waals surface area (Å²) in [6.07, 6.45) is 1.33. The average Bonchev–Trinajstić information content (AvgIpc) is 2.35. The van der Waals surface area contributed by atoms with Crippen LogP contribution in [0.3, 0.4) is 0 Å². The second-order valence-corrected chi connectivity index (χ2v) is 4.79. The van der Waals surface area contributed by atoms with Crippen LogP contribution in [-0.2, 0) is 4.79 Å². The van der Waals surface area contributed by atoms with Crippen molar-refractivity contribution in [1.29, 1.82) is 0 Å². The molecule has 0 spiro atoms. The van der Waals surface area contributed by atoms with Gasteiger partial charge in [-0.2, -0.15) is 0 Å². The number of nitrogens with zero attached hydrogens (tertiary/aromatic N) is 1. The first kappa shape index (κ1) is 16.2. The molecule has 8 heteroatoms. The molecule has 0 aliphatic rings. The predicted molar refractivity (Wildman–Crippen MR) is 72.0 cm³/mol. The van der Waals surface area contributed by atoms with Crippen LogP contribution in [0, 0.1) is 11.6 Å². The first-order valence-corrected chi connectivity index (χ1v) is 6.84. The van der Waals surface area contributed by atoms with Crippen LogP contribution in [-0.4, -0.2) is 41.9 Å². The Labute approximate surface area is 119 Å². The number of benzene rings is 1. The number of halogens is 2. The summed E-state index contributed by atoms with van der Waals surface area (Å²) in [5.41, 5.74) is -0.0232.